The molecule has 0 amide bonds. The molecule has 0 aromatic carbocycles. The Balaban J connectivity index is 2.18. The van der Waals surface area contributed by atoms with Crippen LogP contribution in [0.3, 0.4) is 0 Å². The third-order valence-corrected chi connectivity index (χ3v) is 3.62. The number of hydrogen-bond acceptors (Lipinski definition) is 4. The van der Waals surface area contributed by atoms with Crippen molar-refractivity contribution >= 4 is 17.3 Å². The van der Waals surface area contributed by atoms with Gasteiger partial charge in [0.1, 0.15) is 0 Å². The topological polar surface area (TPSA) is 51.4 Å². The van der Waals surface area contributed by atoms with E-state index in [4.69, 9.17) is 22.1 Å². The lowest BCUT2D eigenvalue weighted by Crippen LogP contribution is -2.48. The fraction of sp³-hybridized carbons (Fsp3) is 0.583. The zero-order valence-electron chi connectivity index (χ0n) is 9.97. The van der Waals surface area contributed by atoms with Gasteiger partial charge in [-0.1, -0.05) is 11.6 Å². The third-order valence-electron chi connectivity index (χ3n) is 3.33. The maximum Gasteiger partial charge on any atom is 0.0822 e. The van der Waals surface area contributed by atoms with Gasteiger partial charge in [-0.15, -0.1) is 0 Å². The van der Waals surface area contributed by atoms with Crippen LogP contribution in [0.5, 0.6) is 0 Å². The van der Waals surface area contributed by atoms with Crippen molar-refractivity contribution in [3.05, 3.63) is 23.5 Å². The minimum absolute atomic E-state index is 0.286. The van der Waals surface area contributed by atoms with E-state index in [0.29, 0.717) is 17.7 Å². The summed E-state index contributed by atoms with van der Waals surface area (Å²) in [5.74, 6) is 0. The molecule has 17 heavy (non-hydrogen) atoms. The molecule has 2 rings (SSSR count). The molecule has 0 aliphatic carbocycles. The first kappa shape index (κ1) is 12.6. The van der Waals surface area contributed by atoms with Crippen molar-refractivity contribution in [1.82, 2.24) is 4.98 Å². The van der Waals surface area contributed by atoms with Crippen LogP contribution in [0, 0.1) is 0 Å². The summed E-state index contributed by atoms with van der Waals surface area (Å²) < 4.78 is 5.41. The standard InChI is InChI=1S/C12H18ClN3O/c1-17-10-3-5-16(9(6-10)7-14)12-2-4-15-8-11(12)13/h2,4,8-10H,3,5-7,14H2,1H3. The van der Waals surface area contributed by atoms with Gasteiger partial charge in [-0.25, -0.2) is 0 Å². The molecule has 2 heterocycles. The van der Waals surface area contributed by atoms with Gasteiger partial charge < -0.3 is 15.4 Å². The Kier molecular flexibility index (Phi) is 4.20. The van der Waals surface area contributed by atoms with Gasteiger partial charge in [0.2, 0.25) is 0 Å². The Labute approximate surface area is 107 Å². The second kappa shape index (κ2) is 5.67. The van der Waals surface area contributed by atoms with Crippen LogP contribution in [0.4, 0.5) is 5.69 Å². The molecular formula is C12H18ClN3O. The molecule has 0 bridgehead atoms. The van der Waals surface area contributed by atoms with E-state index in [1.165, 1.54) is 0 Å². The van der Waals surface area contributed by atoms with Crippen molar-refractivity contribution in [2.75, 3.05) is 25.1 Å². The number of aromatic nitrogens is 1. The summed E-state index contributed by atoms with van der Waals surface area (Å²) in [6, 6.07) is 2.23. The van der Waals surface area contributed by atoms with E-state index in [2.05, 4.69) is 9.88 Å². The van der Waals surface area contributed by atoms with Gasteiger partial charge in [0.25, 0.3) is 0 Å². The lowest BCUT2D eigenvalue weighted by molar-refractivity contribution is 0.0709. The molecule has 94 valence electrons. The first-order chi connectivity index (χ1) is 8.26. The fourth-order valence-corrected chi connectivity index (χ4v) is 2.60. The van der Waals surface area contributed by atoms with Gasteiger partial charge in [-0.05, 0) is 18.9 Å². The quantitative estimate of drug-likeness (QED) is 0.893. The lowest BCUT2D eigenvalue weighted by Gasteiger charge is -2.40. The number of nitrogens with zero attached hydrogens (tertiary/aromatic N) is 2. The first-order valence-electron chi connectivity index (χ1n) is 5.85. The van der Waals surface area contributed by atoms with Crippen LogP contribution in [-0.2, 0) is 4.74 Å². The highest BCUT2D eigenvalue weighted by molar-refractivity contribution is 6.33. The number of anilines is 1. The van der Waals surface area contributed by atoms with Gasteiger partial charge in [0, 0.05) is 38.6 Å². The number of methoxy groups -OCH3 is 1. The number of hydrogen-bond donors (Lipinski definition) is 1. The molecular weight excluding hydrogens is 238 g/mol. The highest BCUT2D eigenvalue weighted by Crippen LogP contribution is 2.30. The van der Waals surface area contributed by atoms with Crippen LogP contribution < -0.4 is 10.6 Å². The Hall–Kier alpha value is -0.840. The highest BCUT2D eigenvalue weighted by atomic mass is 35.5. The predicted molar refractivity (Wildman–Crippen MR) is 69.5 cm³/mol. The molecule has 5 heteroatoms. The first-order valence-corrected chi connectivity index (χ1v) is 6.23. The molecule has 1 fully saturated rings. The number of piperidine rings is 1. The van der Waals surface area contributed by atoms with Gasteiger partial charge in [0.05, 0.1) is 16.8 Å². The summed E-state index contributed by atoms with van der Waals surface area (Å²) in [5, 5.41) is 0.682. The van der Waals surface area contributed by atoms with Crippen molar-refractivity contribution in [3.8, 4) is 0 Å². The number of pyridine rings is 1. The zero-order chi connectivity index (χ0) is 12.3. The molecule has 0 radical (unpaired) electrons. The molecule has 1 aromatic heterocycles. The molecule has 0 saturated carbocycles. The molecule has 2 atom stereocenters. The van der Waals surface area contributed by atoms with Crippen LogP contribution >= 0.6 is 11.6 Å². The summed E-state index contributed by atoms with van der Waals surface area (Å²) in [7, 11) is 1.76. The Morgan fingerprint density at radius 3 is 3.12 bits per heavy atom. The smallest absolute Gasteiger partial charge is 0.0822 e. The van der Waals surface area contributed by atoms with Crippen LogP contribution in [-0.4, -0.2) is 37.3 Å². The average Bonchev–Trinajstić information content (AvgIpc) is 2.38. The summed E-state index contributed by atoms with van der Waals surface area (Å²) >= 11 is 6.17. The number of halogens is 1. The van der Waals surface area contributed by atoms with Gasteiger partial charge in [-0.2, -0.15) is 0 Å². The SMILES string of the molecule is COC1CCN(c2ccncc2Cl)C(CN)C1. The number of ether oxygens (including phenoxy) is 1. The van der Waals surface area contributed by atoms with Crippen LogP contribution in [0.2, 0.25) is 5.02 Å². The Morgan fingerprint density at radius 2 is 2.47 bits per heavy atom. The second-order valence-corrected chi connectivity index (χ2v) is 4.70. The average molecular weight is 256 g/mol. The number of nitrogens with two attached hydrogens (primary N) is 1. The maximum atomic E-state index is 6.17. The third kappa shape index (κ3) is 2.70. The molecule has 1 aromatic rings. The molecule has 1 aliphatic heterocycles. The molecule has 1 aliphatic rings. The second-order valence-electron chi connectivity index (χ2n) is 4.29. The maximum absolute atomic E-state index is 6.17. The van der Waals surface area contributed by atoms with Crippen molar-refractivity contribution in [2.24, 2.45) is 5.73 Å². The van der Waals surface area contributed by atoms with E-state index < -0.39 is 0 Å². The van der Waals surface area contributed by atoms with E-state index in [1.54, 1.807) is 19.5 Å². The van der Waals surface area contributed by atoms with Crippen molar-refractivity contribution in [3.63, 3.8) is 0 Å². The van der Waals surface area contributed by atoms with Crippen molar-refractivity contribution in [1.29, 1.82) is 0 Å². The van der Waals surface area contributed by atoms with Gasteiger partial charge in [0.15, 0.2) is 0 Å². The highest BCUT2D eigenvalue weighted by Gasteiger charge is 2.28. The molecule has 4 nitrogen and oxygen atoms in total. The molecule has 0 spiro atoms. The monoisotopic (exact) mass is 255 g/mol. The van der Waals surface area contributed by atoms with E-state index in [1.807, 2.05) is 6.07 Å². The lowest BCUT2D eigenvalue weighted by atomic mass is 9.98. The Bertz CT molecular complexity index is 375. The largest absolute Gasteiger partial charge is 0.381 e. The van der Waals surface area contributed by atoms with E-state index in [-0.39, 0.29) is 6.04 Å². The minimum Gasteiger partial charge on any atom is -0.381 e. The van der Waals surface area contributed by atoms with Crippen molar-refractivity contribution in [2.45, 2.75) is 25.0 Å². The molecule has 1 saturated heterocycles. The normalized spacial score (nSPS) is 25.0. The summed E-state index contributed by atoms with van der Waals surface area (Å²) in [4.78, 5) is 6.27. The van der Waals surface area contributed by atoms with Gasteiger partial charge >= 0.3 is 0 Å². The number of rotatable bonds is 3. The molecule has 2 unspecified atom stereocenters. The van der Waals surface area contributed by atoms with E-state index in [9.17, 15) is 0 Å². The fourth-order valence-electron chi connectivity index (χ4n) is 2.37. The zero-order valence-corrected chi connectivity index (χ0v) is 10.7. The van der Waals surface area contributed by atoms with Crippen LogP contribution in [0.1, 0.15) is 12.8 Å². The minimum atomic E-state index is 0.286. The molecule has 2 N–H and O–H groups in total. The summed E-state index contributed by atoms with van der Waals surface area (Å²) in [6.07, 6.45) is 5.70. The van der Waals surface area contributed by atoms with Gasteiger partial charge in [-0.3, -0.25) is 4.98 Å². The summed E-state index contributed by atoms with van der Waals surface area (Å²) in [5.41, 5.74) is 6.86. The predicted octanol–water partition coefficient (Wildman–Crippen LogP) is 1.68. The Morgan fingerprint density at radius 1 is 1.65 bits per heavy atom. The summed E-state index contributed by atoms with van der Waals surface area (Å²) in [6.45, 7) is 1.53. The van der Waals surface area contributed by atoms with E-state index >= 15 is 0 Å². The van der Waals surface area contributed by atoms with Crippen molar-refractivity contribution < 1.29 is 4.74 Å². The van der Waals surface area contributed by atoms with E-state index in [0.717, 1.165) is 25.1 Å². The van der Waals surface area contributed by atoms with Crippen LogP contribution in [0.15, 0.2) is 18.5 Å². The van der Waals surface area contributed by atoms with Crippen LogP contribution in [0.25, 0.3) is 0 Å².